The first kappa shape index (κ1) is 18.0. The maximum atomic E-state index is 12.7. The van der Waals surface area contributed by atoms with E-state index in [4.69, 9.17) is 0 Å². The van der Waals surface area contributed by atoms with Crippen molar-refractivity contribution in [3.8, 4) is 10.6 Å². The number of nitrogens with zero attached hydrogens (tertiary/aromatic N) is 2. The first-order chi connectivity index (χ1) is 12.2. The molecule has 1 aromatic carbocycles. The van der Waals surface area contributed by atoms with Gasteiger partial charge in [-0.2, -0.15) is 0 Å². The molecular formula is C19H17BrN2OS2. The molecule has 0 atom stereocenters. The number of aromatic nitrogens is 1. The molecule has 2 heterocycles. The Morgan fingerprint density at radius 1 is 1.28 bits per heavy atom. The van der Waals surface area contributed by atoms with Gasteiger partial charge in [-0.25, -0.2) is 4.98 Å². The van der Waals surface area contributed by atoms with Crippen molar-refractivity contribution in [2.45, 2.75) is 13.0 Å². The Kier molecular flexibility index (Phi) is 6.18. The molecule has 128 valence electrons. The van der Waals surface area contributed by atoms with E-state index in [1.54, 1.807) is 28.7 Å². The minimum atomic E-state index is 0.0689. The van der Waals surface area contributed by atoms with Crippen LogP contribution in [0.4, 0.5) is 0 Å². The van der Waals surface area contributed by atoms with Crippen LogP contribution in [0.25, 0.3) is 10.6 Å². The maximum Gasteiger partial charge on any atom is 0.229 e. The van der Waals surface area contributed by atoms with E-state index in [2.05, 4.69) is 27.5 Å². The Balaban J connectivity index is 1.70. The lowest BCUT2D eigenvalue weighted by Gasteiger charge is -2.20. The van der Waals surface area contributed by atoms with Crippen LogP contribution in [0.3, 0.4) is 0 Å². The number of carbonyl (C=O) groups excluding carboxylic acids is 1. The minimum absolute atomic E-state index is 0.0689. The van der Waals surface area contributed by atoms with Crippen LogP contribution in [0.5, 0.6) is 0 Å². The van der Waals surface area contributed by atoms with Gasteiger partial charge in [0.15, 0.2) is 0 Å². The van der Waals surface area contributed by atoms with E-state index in [0.29, 0.717) is 19.5 Å². The highest BCUT2D eigenvalue weighted by molar-refractivity contribution is 9.10. The molecule has 3 aromatic rings. The third-order valence-corrected chi connectivity index (χ3v) is 5.88. The number of carbonyl (C=O) groups is 1. The lowest BCUT2D eigenvalue weighted by molar-refractivity contribution is -0.130. The van der Waals surface area contributed by atoms with Crippen molar-refractivity contribution in [1.29, 1.82) is 0 Å². The summed E-state index contributed by atoms with van der Waals surface area (Å²) in [6.07, 6.45) is 2.07. The quantitative estimate of drug-likeness (QED) is 0.468. The maximum absolute atomic E-state index is 12.7. The average molecular weight is 433 g/mol. The highest BCUT2D eigenvalue weighted by atomic mass is 79.9. The third kappa shape index (κ3) is 4.87. The van der Waals surface area contributed by atoms with E-state index in [0.717, 1.165) is 20.7 Å². The highest BCUT2D eigenvalue weighted by Gasteiger charge is 2.16. The normalized spacial score (nSPS) is 10.6. The van der Waals surface area contributed by atoms with Gasteiger partial charge in [-0.1, -0.05) is 40.2 Å². The number of hydrogen-bond acceptors (Lipinski definition) is 4. The van der Waals surface area contributed by atoms with Crippen LogP contribution in [-0.2, 0) is 17.8 Å². The third-order valence-electron chi connectivity index (χ3n) is 3.58. The van der Waals surface area contributed by atoms with Crippen LogP contribution in [0.2, 0.25) is 0 Å². The molecule has 0 spiro atoms. The van der Waals surface area contributed by atoms with Gasteiger partial charge in [-0.15, -0.1) is 29.3 Å². The average Bonchev–Trinajstić information content (AvgIpc) is 3.26. The summed E-state index contributed by atoms with van der Waals surface area (Å²) >= 11 is 6.70. The van der Waals surface area contributed by atoms with Crippen molar-refractivity contribution in [3.63, 3.8) is 0 Å². The second-order valence-electron chi connectivity index (χ2n) is 5.47. The van der Waals surface area contributed by atoms with Crippen LogP contribution in [-0.4, -0.2) is 22.3 Å². The van der Waals surface area contributed by atoms with Crippen LogP contribution in [0.15, 0.2) is 64.3 Å². The van der Waals surface area contributed by atoms with E-state index >= 15 is 0 Å². The van der Waals surface area contributed by atoms with Crippen molar-refractivity contribution in [2.75, 3.05) is 6.54 Å². The monoisotopic (exact) mass is 432 g/mol. The molecule has 2 aromatic heterocycles. The van der Waals surface area contributed by atoms with E-state index in [-0.39, 0.29) is 5.91 Å². The summed E-state index contributed by atoms with van der Waals surface area (Å²) in [7, 11) is 0. The summed E-state index contributed by atoms with van der Waals surface area (Å²) in [5, 5.41) is 4.92. The Labute approximate surface area is 163 Å². The second kappa shape index (κ2) is 8.56. The number of rotatable bonds is 7. The molecular weight excluding hydrogens is 416 g/mol. The molecule has 0 saturated carbocycles. The van der Waals surface area contributed by atoms with Gasteiger partial charge in [-0.3, -0.25) is 4.79 Å². The van der Waals surface area contributed by atoms with Gasteiger partial charge in [0.2, 0.25) is 5.91 Å². The Bertz CT molecular complexity index is 858. The molecule has 0 fully saturated rings. The molecule has 0 bridgehead atoms. The van der Waals surface area contributed by atoms with Gasteiger partial charge >= 0.3 is 0 Å². The predicted molar refractivity (Wildman–Crippen MR) is 109 cm³/mol. The SMILES string of the molecule is C=CCN(Cc1cccs1)C(=O)Cc1csc(-c2cccc(Br)c2)n1. The van der Waals surface area contributed by atoms with E-state index in [9.17, 15) is 4.79 Å². The molecule has 0 unspecified atom stereocenters. The van der Waals surface area contributed by atoms with Crippen molar-refractivity contribution in [1.82, 2.24) is 9.88 Å². The lowest BCUT2D eigenvalue weighted by atomic mass is 10.2. The number of thiazole rings is 1. The smallest absolute Gasteiger partial charge is 0.229 e. The van der Waals surface area contributed by atoms with E-state index in [1.165, 1.54) is 4.88 Å². The molecule has 0 N–H and O–H groups in total. The summed E-state index contributed by atoms with van der Waals surface area (Å²) in [5.41, 5.74) is 1.87. The van der Waals surface area contributed by atoms with Gasteiger partial charge in [0.05, 0.1) is 18.7 Å². The van der Waals surface area contributed by atoms with Gasteiger partial charge < -0.3 is 4.90 Å². The highest BCUT2D eigenvalue weighted by Crippen LogP contribution is 2.26. The largest absolute Gasteiger partial charge is 0.334 e. The molecule has 0 aliphatic heterocycles. The summed E-state index contributed by atoms with van der Waals surface area (Å²) in [6, 6.07) is 12.1. The number of benzene rings is 1. The summed E-state index contributed by atoms with van der Waals surface area (Å²) < 4.78 is 1.02. The van der Waals surface area contributed by atoms with E-state index in [1.807, 2.05) is 52.1 Å². The van der Waals surface area contributed by atoms with Crippen LogP contribution >= 0.6 is 38.6 Å². The van der Waals surface area contributed by atoms with Gasteiger partial charge in [-0.05, 0) is 23.6 Å². The molecule has 1 amide bonds. The molecule has 0 aliphatic rings. The molecule has 25 heavy (non-hydrogen) atoms. The Morgan fingerprint density at radius 3 is 2.88 bits per heavy atom. The second-order valence-corrected chi connectivity index (χ2v) is 8.28. The zero-order chi connectivity index (χ0) is 17.6. The summed E-state index contributed by atoms with van der Waals surface area (Å²) in [6.45, 7) is 4.92. The fourth-order valence-corrected chi connectivity index (χ4v) is 4.35. The molecule has 0 aliphatic carbocycles. The fraction of sp³-hybridized carbons (Fsp3) is 0.158. The minimum Gasteiger partial charge on any atom is -0.334 e. The van der Waals surface area contributed by atoms with E-state index < -0.39 is 0 Å². The van der Waals surface area contributed by atoms with Crippen molar-refractivity contribution < 1.29 is 4.79 Å². The van der Waals surface area contributed by atoms with Crippen molar-refractivity contribution in [2.24, 2.45) is 0 Å². The number of thiophene rings is 1. The van der Waals surface area contributed by atoms with Crippen molar-refractivity contribution >= 4 is 44.5 Å². The fourth-order valence-electron chi connectivity index (χ4n) is 2.41. The van der Waals surface area contributed by atoms with Crippen LogP contribution in [0.1, 0.15) is 10.6 Å². The van der Waals surface area contributed by atoms with Gasteiger partial charge in [0.1, 0.15) is 5.01 Å². The molecule has 6 heteroatoms. The first-order valence-electron chi connectivity index (χ1n) is 7.77. The topological polar surface area (TPSA) is 33.2 Å². The zero-order valence-corrected chi connectivity index (χ0v) is 16.7. The predicted octanol–water partition coefficient (Wildman–Crippen LogP) is 5.39. The number of amides is 1. The van der Waals surface area contributed by atoms with Crippen LogP contribution in [0, 0.1) is 0 Å². The Hall–Kier alpha value is -1.76. The molecule has 3 rings (SSSR count). The first-order valence-corrected chi connectivity index (χ1v) is 10.3. The van der Waals surface area contributed by atoms with Crippen LogP contribution < -0.4 is 0 Å². The summed E-state index contributed by atoms with van der Waals surface area (Å²) in [5.74, 6) is 0.0689. The molecule has 0 radical (unpaired) electrons. The molecule has 3 nitrogen and oxygen atoms in total. The lowest BCUT2D eigenvalue weighted by Crippen LogP contribution is -2.31. The van der Waals surface area contributed by atoms with Gasteiger partial charge in [0.25, 0.3) is 0 Å². The zero-order valence-electron chi connectivity index (χ0n) is 13.5. The van der Waals surface area contributed by atoms with Gasteiger partial charge in [0, 0.05) is 26.8 Å². The standard InChI is InChI=1S/C19H17BrN2OS2/c1-2-8-22(12-17-7-4-9-24-17)18(23)11-16-13-25-19(21-16)14-5-3-6-15(20)10-14/h2-7,9-10,13H,1,8,11-12H2. The Morgan fingerprint density at radius 2 is 2.16 bits per heavy atom. The molecule has 0 saturated heterocycles. The summed E-state index contributed by atoms with van der Waals surface area (Å²) in [4.78, 5) is 20.3. The van der Waals surface area contributed by atoms with Crippen molar-refractivity contribution in [3.05, 3.63) is 74.9 Å². The number of halogens is 1. The number of hydrogen-bond donors (Lipinski definition) is 0.